The minimum atomic E-state index is -1.24. The third-order valence-electron chi connectivity index (χ3n) is 1.06. The Labute approximate surface area is 44.2 Å². The van der Waals surface area contributed by atoms with Crippen molar-refractivity contribution in [2.45, 2.75) is 12.8 Å². The van der Waals surface area contributed by atoms with Crippen LogP contribution in [0, 0.1) is 0 Å². The van der Waals surface area contributed by atoms with Crippen molar-refractivity contribution in [3.8, 4) is 0 Å². The third-order valence-corrected chi connectivity index (χ3v) is 2.34. The van der Waals surface area contributed by atoms with E-state index in [4.69, 9.17) is 0 Å². The predicted octanol–water partition coefficient (Wildman–Crippen LogP) is 1.65. The van der Waals surface area contributed by atoms with Gasteiger partial charge in [-0.25, -0.2) is 4.20 Å². The molecule has 1 N–H and O–H groups in total. The van der Waals surface area contributed by atoms with Gasteiger partial charge in [0, 0.05) is 12.7 Å². The number of hydrogen-bond donors (Lipinski definition) is 1. The van der Waals surface area contributed by atoms with Crippen LogP contribution in [0.15, 0.2) is 0 Å². The van der Waals surface area contributed by atoms with Crippen molar-refractivity contribution in [1.82, 2.24) is 5.09 Å². The van der Waals surface area contributed by atoms with E-state index in [-0.39, 0.29) is 0 Å². The zero-order valence-corrected chi connectivity index (χ0v) is 5.05. The summed E-state index contributed by atoms with van der Waals surface area (Å²) >= 11 is 0. The number of hydrogen-bond acceptors (Lipinski definition) is 1. The monoisotopic (exact) mass is 121 g/mol. The van der Waals surface area contributed by atoms with Crippen molar-refractivity contribution in [2.75, 3.05) is 12.7 Å². The van der Waals surface area contributed by atoms with Gasteiger partial charge < -0.3 is 0 Å². The highest BCUT2D eigenvalue weighted by atomic mass is 31.2. The van der Waals surface area contributed by atoms with Crippen LogP contribution < -0.4 is 5.09 Å². The molecule has 0 aromatic heterocycles. The van der Waals surface area contributed by atoms with Gasteiger partial charge in [-0.3, -0.25) is 5.09 Å². The van der Waals surface area contributed by atoms with Crippen LogP contribution in [0.2, 0.25) is 0 Å². The van der Waals surface area contributed by atoms with E-state index in [1.807, 2.05) is 0 Å². The molecule has 1 aliphatic rings. The molecule has 3 heteroatoms. The van der Waals surface area contributed by atoms with Gasteiger partial charge in [-0.1, -0.05) is 0 Å². The first-order chi connectivity index (χ1) is 3.39. The summed E-state index contributed by atoms with van der Waals surface area (Å²) in [7, 11) is -1.24. The highest BCUT2D eigenvalue weighted by molar-refractivity contribution is 7.49. The van der Waals surface area contributed by atoms with Crippen molar-refractivity contribution < 1.29 is 4.20 Å². The molecule has 0 aromatic rings. The average molecular weight is 121 g/mol. The fourth-order valence-electron chi connectivity index (χ4n) is 0.655. The first-order valence-corrected chi connectivity index (χ1v) is 3.98. The lowest BCUT2D eigenvalue weighted by molar-refractivity contribution is 0.693. The topological polar surface area (TPSA) is 12.0 Å². The van der Waals surface area contributed by atoms with E-state index < -0.39 is 8.38 Å². The molecule has 1 atom stereocenters. The second-order valence-corrected chi connectivity index (χ2v) is 3.19. The number of rotatable bonds is 0. The average Bonchev–Trinajstić information content (AvgIpc) is 1.69. The first-order valence-electron chi connectivity index (χ1n) is 2.56. The number of halogens is 1. The third kappa shape index (κ3) is 1.70. The van der Waals surface area contributed by atoms with Gasteiger partial charge in [-0.2, -0.15) is 0 Å². The van der Waals surface area contributed by atoms with Gasteiger partial charge in [0.1, 0.15) is 0 Å². The second-order valence-electron chi connectivity index (χ2n) is 1.70. The maximum absolute atomic E-state index is 12.1. The van der Waals surface area contributed by atoms with Crippen molar-refractivity contribution in [3.63, 3.8) is 0 Å². The largest absolute Gasteiger partial charge is 0.270 e. The molecule has 1 nitrogen and oxygen atoms in total. The lowest BCUT2D eigenvalue weighted by Crippen LogP contribution is -2.13. The van der Waals surface area contributed by atoms with Crippen molar-refractivity contribution >= 4 is 8.38 Å². The summed E-state index contributed by atoms with van der Waals surface area (Å²) in [6, 6.07) is 0. The smallest absolute Gasteiger partial charge is 0.154 e. The molecule has 1 fully saturated rings. The molecule has 0 aliphatic carbocycles. The summed E-state index contributed by atoms with van der Waals surface area (Å²) in [4.78, 5) is 0. The Bertz CT molecular complexity index is 53.7. The molecule has 1 heterocycles. The van der Waals surface area contributed by atoms with Gasteiger partial charge >= 0.3 is 0 Å². The van der Waals surface area contributed by atoms with E-state index in [0.29, 0.717) is 0 Å². The van der Waals surface area contributed by atoms with Crippen molar-refractivity contribution in [1.29, 1.82) is 0 Å². The highest BCUT2D eigenvalue weighted by Crippen LogP contribution is 2.35. The molecular weight excluding hydrogens is 112 g/mol. The Kier molecular flexibility index (Phi) is 2.01. The highest BCUT2D eigenvalue weighted by Gasteiger charge is 2.09. The van der Waals surface area contributed by atoms with Gasteiger partial charge in [0.2, 0.25) is 0 Å². The van der Waals surface area contributed by atoms with E-state index in [9.17, 15) is 4.20 Å². The van der Waals surface area contributed by atoms with Gasteiger partial charge in [-0.05, 0) is 12.8 Å². The van der Waals surface area contributed by atoms with Crippen molar-refractivity contribution in [3.05, 3.63) is 0 Å². The van der Waals surface area contributed by atoms with E-state index in [0.717, 1.165) is 25.5 Å². The van der Waals surface area contributed by atoms with Crippen LogP contribution in [0.4, 0.5) is 4.20 Å². The molecule has 7 heavy (non-hydrogen) atoms. The molecule has 0 bridgehead atoms. The van der Waals surface area contributed by atoms with Crippen LogP contribution in [0.3, 0.4) is 0 Å². The van der Waals surface area contributed by atoms with Crippen LogP contribution in [-0.2, 0) is 0 Å². The van der Waals surface area contributed by atoms with Gasteiger partial charge in [-0.15, -0.1) is 0 Å². The normalized spacial score (nSPS) is 33.0. The van der Waals surface area contributed by atoms with Crippen LogP contribution in [0.25, 0.3) is 0 Å². The molecule has 1 unspecified atom stereocenters. The van der Waals surface area contributed by atoms with E-state index in [1.165, 1.54) is 0 Å². The number of nitrogens with one attached hydrogen (secondary N) is 1. The Morgan fingerprint density at radius 2 is 2.29 bits per heavy atom. The minimum Gasteiger partial charge on any atom is -0.270 e. The van der Waals surface area contributed by atoms with Gasteiger partial charge in [0.15, 0.2) is 8.38 Å². The van der Waals surface area contributed by atoms with Crippen molar-refractivity contribution in [2.24, 2.45) is 0 Å². The summed E-state index contributed by atoms with van der Waals surface area (Å²) in [6.45, 7) is 0.891. The van der Waals surface area contributed by atoms with Crippen LogP contribution in [0.1, 0.15) is 12.8 Å². The van der Waals surface area contributed by atoms with Gasteiger partial charge in [0.25, 0.3) is 0 Å². The second kappa shape index (κ2) is 2.58. The zero-order valence-electron chi connectivity index (χ0n) is 4.15. The molecule has 42 valence electrons. The molecule has 0 radical (unpaired) electrons. The molecule has 0 saturated carbocycles. The first kappa shape index (κ1) is 5.46. The molecule has 1 saturated heterocycles. The molecule has 1 rings (SSSR count). The molecular formula is C4H9FNP. The quantitative estimate of drug-likeness (QED) is 0.480. The fourth-order valence-corrected chi connectivity index (χ4v) is 1.72. The van der Waals surface area contributed by atoms with Crippen LogP contribution in [0.5, 0.6) is 0 Å². The molecule has 0 aromatic carbocycles. The lowest BCUT2D eigenvalue weighted by Gasteiger charge is -2.13. The minimum absolute atomic E-state index is 0.773. The summed E-state index contributed by atoms with van der Waals surface area (Å²) in [5.74, 6) is 0. The Morgan fingerprint density at radius 3 is 2.57 bits per heavy atom. The summed E-state index contributed by atoms with van der Waals surface area (Å²) in [5, 5.41) is 2.78. The fraction of sp³-hybridized carbons (Fsp3) is 1.00. The zero-order chi connectivity index (χ0) is 5.11. The SMILES string of the molecule is FP1CCCCN1. The lowest BCUT2D eigenvalue weighted by atomic mass is 10.3. The maximum Gasteiger partial charge on any atom is 0.154 e. The summed E-state index contributed by atoms with van der Waals surface area (Å²) < 4.78 is 12.1. The molecule has 0 spiro atoms. The molecule has 0 amide bonds. The summed E-state index contributed by atoms with van der Waals surface area (Å²) in [6.07, 6.45) is 3.01. The Balaban J connectivity index is 2.12. The predicted molar refractivity (Wildman–Crippen MR) is 30.1 cm³/mol. The van der Waals surface area contributed by atoms with Crippen LogP contribution in [-0.4, -0.2) is 12.7 Å². The van der Waals surface area contributed by atoms with Crippen LogP contribution >= 0.6 is 8.38 Å². The van der Waals surface area contributed by atoms with E-state index >= 15 is 0 Å². The Morgan fingerprint density at radius 1 is 1.43 bits per heavy atom. The van der Waals surface area contributed by atoms with E-state index in [1.54, 1.807) is 0 Å². The van der Waals surface area contributed by atoms with E-state index in [2.05, 4.69) is 5.09 Å². The molecule has 1 aliphatic heterocycles. The summed E-state index contributed by atoms with van der Waals surface area (Å²) in [5.41, 5.74) is 0. The van der Waals surface area contributed by atoms with Gasteiger partial charge in [0.05, 0.1) is 0 Å². The standard InChI is InChI=1S/C4H9FNP/c5-7-4-2-1-3-6-7/h6H,1-4H2. The Hall–Kier alpha value is 0.320. The maximum atomic E-state index is 12.1.